The van der Waals surface area contributed by atoms with Gasteiger partial charge in [-0.15, -0.1) is 18.7 Å². The van der Waals surface area contributed by atoms with E-state index in [-0.39, 0.29) is 4.70 Å². The molecule has 4 nitrogen and oxygen atoms in total. The van der Waals surface area contributed by atoms with E-state index in [1.54, 1.807) is 0 Å². The summed E-state index contributed by atoms with van der Waals surface area (Å²) in [5.41, 5.74) is 0. The zero-order valence-electron chi connectivity index (χ0n) is 18.5. The van der Waals surface area contributed by atoms with Gasteiger partial charge in [0.15, 0.2) is 0 Å². The molecule has 4 fully saturated rings. The summed E-state index contributed by atoms with van der Waals surface area (Å²) in [6.45, 7) is 10.9. The molecule has 4 saturated heterocycles. The van der Waals surface area contributed by atoms with E-state index in [0.29, 0.717) is 0 Å². The number of piperidine rings is 4. The fourth-order valence-corrected chi connectivity index (χ4v) is 11.1. The molecule has 4 heterocycles. The van der Waals surface area contributed by atoms with Crippen LogP contribution in [0.5, 0.6) is 0 Å². The number of hydrogen-bond acceptors (Lipinski definition) is 4. The van der Waals surface area contributed by atoms with Crippen molar-refractivity contribution in [3.8, 4) is 0 Å². The van der Waals surface area contributed by atoms with Crippen molar-refractivity contribution >= 4 is 15.4 Å². The Morgan fingerprint density at radius 1 is 0.400 bits per heavy atom. The average molecular weight is 454 g/mol. The fraction of sp³-hybridized carbons (Fsp3) is 1.00. The Bertz CT molecular complexity index is 376. The van der Waals surface area contributed by atoms with Gasteiger partial charge in [0, 0.05) is 52.4 Å². The van der Waals surface area contributed by atoms with Crippen LogP contribution in [-0.4, -0.2) is 78.6 Å². The van der Waals surface area contributed by atoms with Gasteiger partial charge in [-0.1, -0.05) is 25.7 Å². The van der Waals surface area contributed by atoms with E-state index in [1.165, 1.54) is 129 Å². The Balaban J connectivity index is 0.000000591. The van der Waals surface area contributed by atoms with Crippen molar-refractivity contribution in [2.75, 3.05) is 52.4 Å². The van der Waals surface area contributed by atoms with E-state index in [0.717, 1.165) is 0 Å². The quantitative estimate of drug-likeness (QED) is 0.368. The molecule has 30 heavy (non-hydrogen) atoms. The van der Waals surface area contributed by atoms with Crippen LogP contribution < -0.4 is 4.70 Å². The molecule has 0 unspecified atom stereocenters. The second-order valence-corrected chi connectivity index (χ2v) is 12.2. The van der Waals surface area contributed by atoms with Crippen molar-refractivity contribution in [3.05, 3.63) is 0 Å². The van der Waals surface area contributed by atoms with Crippen LogP contribution in [-0.2, 0) is 0 Å². The third-order valence-corrected chi connectivity index (χ3v) is 11.5. The Hall–Kier alpha value is 0.0549. The SMILES string of the molecule is C1CCN([P+](N2CCCCC2)(N2CCCCC2)N2CCCCC2)CC1.FB(F)F.[F-]. The zero-order valence-corrected chi connectivity index (χ0v) is 19.4. The van der Waals surface area contributed by atoms with Crippen LogP contribution in [0, 0.1) is 0 Å². The van der Waals surface area contributed by atoms with Gasteiger partial charge < -0.3 is 4.70 Å². The summed E-state index contributed by atoms with van der Waals surface area (Å²) in [5.74, 6) is 0. The van der Waals surface area contributed by atoms with Gasteiger partial charge in [-0.05, 0) is 51.4 Å². The van der Waals surface area contributed by atoms with Crippen LogP contribution in [0.3, 0.4) is 0 Å². The Labute approximate surface area is 181 Å². The Kier molecular flexibility index (Phi) is 11.9. The van der Waals surface area contributed by atoms with Gasteiger partial charge >= 0.3 is 15.4 Å². The standard InChI is InChI=1S/C20H40N4P.BF3.FH/c1-5-13-21(14-6-1)25(22-15-7-2-8-16-22,23-17-9-3-10-18-23)24-19-11-4-12-20-24;2-1(3)4;/h1-20H2;;1H/q+1;;/p-1. The van der Waals surface area contributed by atoms with Gasteiger partial charge in [0.25, 0.3) is 0 Å². The van der Waals surface area contributed by atoms with E-state index in [9.17, 15) is 12.9 Å². The molecule has 0 aromatic rings. The molecule has 0 bridgehead atoms. The van der Waals surface area contributed by atoms with Gasteiger partial charge in [-0.25, -0.2) is 0 Å². The van der Waals surface area contributed by atoms with Crippen molar-refractivity contribution < 1.29 is 17.7 Å². The lowest BCUT2D eigenvalue weighted by Gasteiger charge is -2.54. The van der Waals surface area contributed by atoms with Crippen LogP contribution >= 0.6 is 7.87 Å². The van der Waals surface area contributed by atoms with E-state index in [1.807, 2.05) is 0 Å². The minimum atomic E-state index is -3.67. The van der Waals surface area contributed by atoms with Gasteiger partial charge in [0.2, 0.25) is 0 Å². The fourth-order valence-electron chi connectivity index (χ4n) is 5.66. The molecule has 4 aliphatic heterocycles. The van der Waals surface area contributed by atoms with Crippen LogP contribution in [0.1, 0.15) is 77.0 Å². The molecule has 0 spiro atoms. The summed E-state index contributed by atoms with van der Waals surface area (Å²) in [4.78, 5) is 0. The Morgan fingerprint density at radius 3 is 0.733 bits per heavy atom. The van der Waals surface area contributed by atoms with Crippen molar-refractivity contribution in [2.45, 2.75) is 77.0 Å². The van der Waals surface area contributed by atoms with Crippen LogP contribution in [0.2, 0.25) is 0 Å². The van der Waals surface area contributed by atoms with E-state index in [4.69, 9.17) is 0 Å². The van der Waals surface area contributed by atoms with Gasteiger partial charge in [0.1, 0.15) is 0 Å². The highest BCUT2D eigenvalue weighted by atomic mass is 31.2. The molecule has 4 aliphatic rings. The van der Waals surface area contributed by atoms with Crippen LogP contribution in [0.25, 0.3) is 0 Å². The van der Waals surface area contributed by atoms with Crippen LogP contribution in [0.15, 0.2) is 0 Å². The molecule has 0 aliphatic carbocycles. The smallest absolute Gasteiger partial charge is 0.762 e. The first-order valence-electron chi connectivity index (χ1n) is 12.0. The van der Waals surface area contributed by atoms with E-state index < -0.39 is 15.4 Å². The Morgan fingerprint density at radius 2 is 0.567 bits per heavy atom. The van der Waals surface area contributed by atoms with Crippen molar-refractivity contribution in [3.63, 3.8) is 0 Å². The molecule has 0 saturated carbocycles. The predicted molar refractivity (Wildman–Crippen MR) is 118 cm³/mol. The third kappa shape index (κ3) is 6.54. The summed E-state index contributed by atoms with van der Waals surface area (Å²) in [7, 11) is -5.13. The minimum Gasteiger partial charge on any atom is -1.00 e. The molecule has 10 heteroatoms. The molecular formula is C20H40BF4N4P. The zero-order chi connectivity index (χ0) is 20.5. The van der Waals surface area contributed by atoms with Crippen molar-refractivity contribution in [1.29, 1.82) is 0 Å². The highest BCUT2D eigenvalue weighted by Crippen LogP contribution is 2.71. The highest BCUT2D eigenvalue weighted by Gasteiger charge is 2.61. The molecule has 0 amide bonds. The highest BCUT2D eigenvalue weighted by molar-refractivity contribution is 7.66. The lowest BCUT2D eigenvalue weighted by Crippen LogP contribution is -3.00. The van der Waals surface area contributed by atoms with Crippen molar-refractivity contribution in [2.24, 2.45) is 0 Å². The maximum Gasteiger partial charge on any atom is 0.762 e. The largest absolute Gasteiger partial charge is 1.00 e. The molecule has 0 radical (unpaired) electrons. The molecule has 4 rings (SSSR count). The average Bonchev–Trinajstić information content (AvgIpc) is 2.77. The molecule has 0 atom stereocenters. The summed E-state index contributed by atoms with van der Waals surface area (Å²) in [6.07, 6.45) is 17.2. The number of hydrogen-bond donors (Lipinski definition) is 0. The first-order chi connectivity index (χ1) is 14.2. The number of halogens is 4. The summed E-state index contributed by atoms with van der Waals surface area (Å²) in [5, 5.41) is 0. The second kappa shape index (κ2) is 13.6. The lowest BCUT2D eigenvalue weighted by molar-refractivity contribution is -0.00000935. The summed E-state index contributed by atoms with van der Waals surface area (Å²) >= 11 is 0. The first kappa shape index (κ1) is 26.3. The van der Waals surface area contributed by atoms with Crippen molar-refractivity contribution in [1.82, 2.24) is 18.7 Å². The van der Waals surface area contributed by atoms with Gasteiger partial charge in [-0.2, -0.15) is 0 Å². The molecule has 0 aromatic heterocycles. The number of rotatable bonds is 4. The third-order valence-electron chi connectivity index (χ3n) is 6.85. The topological polar surface area (TPSA) is 13.0 Å². The molecule has 0 aromatic carbocycles. The lowest BCUT2D eigenvalue weighted by atomic mass is 10.2. The van der Waals surface area contributed by atoms with Gasteiger partial charge in [0.05, 0.1) is 0 Å². The maximum absolute atomic E-state index is 9.67. The molecule has 0 N–H and O–H groups in total. The van der Waals surface area contributed by atoms with E-state index >= 15 is 0 Å². The first-order valence-corrected chi connectivity index (χ1v) is 13.6. The minimum absolute atomic E-state index is 0. The molecule has 176 valence electrons. The monoisotopic (exact) mass is 454 g/mol. The summed E-state index contributed by atoms with van der Waals surface area (Å²) < 4.78 is 41.2. The maximum atomic E-state index is 9.67. The van der Waals surface area contributed by atoms with E-state index in [2.05, 4.69) is 18.7 Å². The normalized spacial score (nSPS) is 25.7. The van der Waals surface area contributed by atoms with Crippen LogP contribution in [0.4, 0.5) is 12.9 Å². The number of nitrogens with zero attached hydrogens (tertiary/aromatic N) is 4. The second-order valence-electron chi connectivity index (χ2n) is 8.84. The van der Waals surface area contributed by atoms with Gasteiger partial charge in [-0.3, -0.25) is 12.9 Å². The summed E-state index contributed by atoms with van der Waals surface area (Å²) in [6, 6.07) is 0. The molecular weight excluding hydrogens is 414 g/mol. The predicted octanol–water partition coefficient (Wildman–Crippen LogP) is 2.49.